The molecule has 0 heterocycles. The second-order valence-electron chi connectivity index (χ2n) is 10.1. The van der Waals surface area contributed by atoms with Crippen LogP contribution in [0.15, 0.2) is 127 Å². The van der Waals surface area contributed by atoms with Crippen LogP contribution in [0.25, 0.3) is 55.3 Å². The molecule has 2 heteroatoms. The van der Waals surface area contributed by atoms with E-state index in [0.717, 1.165) is 22.9 Å². The van der Waals surface area contributed by atoms with E-state index in [2.05, 4.69) is 115 Å². The van der Waals surface area contributed by atoms with Crippen molar-refractivity contribution in [3.63, 3.8) is 0 Å². The number of ether oxygens (including phenoxy) is 1. The lowest BCUT2D eigenvalue weighted by Crippen LogP contribution is -2.02. The van der Waals surface area contributed by atoms with Crippen LogP contribution in [0.4, 0.5) is 0 Å². The first-order chi connectivity index (χ1) is 19.3. The lowest BCUT2D eigenvalue weighted by molar-refractivity contribution is 0.203. The van der Waals surface area contributed by atoms with Gasteiger partial charge in [0.1, 0.15) is 12.4 Å². The molecule has 1 N–H and O–H groups in total. The number of hydrogen-bond donors (Lipinski definition) is 1. The van der Waals surface area contributed by atoms with Crippen LogP contribution in [-0.4, -0.2) is 18.3 Å². The van der Waals surface area contributed by atoms with Gasteiger partial charge in [-0.1, -0.05) is 103 Å². The van der Waals surface area contributed by atoms with Gasteiger partial charge in [0.15, 0.2) is 0 Å². The van der Waals surface area contributed by atoms with Crippen LogP contribution in [0.3, 0.4) is 0 Å². The monoisotopic (exact) mass is 504 g/mol. The topological polar surface area (TPSA) is 29.5 Å². The van der Waals surface area contributed by atoms with Gasteiger partial charge in [-0.05, 0) is 91.7 Å². The molecule has 188 valence electrons. The molecule has 0 amide bonds. The van der Waals surface area contributed by atoms with Crippen molar-refractivity contribution < 1.29 is 9.84 Å². The van der Waals surface area contributed by atoms with E-state index in [1.807, 2.05) is 12.1 Å². The maximum absolute atomic E-state index is 9.33. The van der Waals surface area contributed by atoms with Gasteiger partial charge >= 0.3 is 0 Å². The predicted molar refractivity (Wildman–Crippen MR) is 161 cm³/mol. The minimum absolute atomic E-state index is 0.00800. The van der Waals surface area contributed by atoms with Crippen LogP contribution in [0.1, 0.15) is 11.1 Å². The Balaban J connectivity index is 1.46. The first-order valence-corrected chi connectivity index (χ1v) is 13.5. The fourth-order valence-corrected chi connectivity index (χ4v) is 5.91. The maximum atomic E-state index is 9.33. The molecule has 0 unspecified atom stereocenters. The molecule has 0 atom stereocenters. The summed E-state index contributed by atoms with van der Waals surface area (Å²) in [6, 6.07) is 45.5. The predicted octanol–water partition coefficient (Wildman–Crippen LogP) is 8.78. The number of fused-ring (bicyclic) bond motifs is 4. The summed E-state index contributed by atoms with van der Waals surface area (Å²) in [5.41, 5.74) is 12.7. The summed E-state index contributed by atoms with van der Waals surface area (Å²) in [6.07, 6.45) is 0.904. The van der Waals surface area contributed by atoms with Crippen LogP contribution < -0.4 is 4.74 Å². The summed E-state index contributed by atoms with van der Waals surface area (Å²) in [4.78, 5) is 0. The van der Waals surface area contributed by atoms with Crippen molar-refractivity contribution in [1.29, 1.82) is 0 Å². The van der Waals surface area contributed by atoms with Crippen LogP contribution >= 0.6 is 0 Å². The zero-order valence-corrected chi connectivity index (χ0v) is 21.6. The standard InChI is InChI=1S/C37H28O2/c38-19-20-39-37-18-17-31(30-13-7-8-14-32(30)37)34-23-29(26-11-5-2-6-12-26)24-35-33-21-27(25-9-3-1-4-10-25)15-16-28(33)22-36(34)35/h1-18,21,23-24,38H,19-20,22H2. The molecule has 0 fully saturated rings. The zero-order valence-electron chi connectivity index (χ0n) is 21.6. The summed E-state index contributed by atoms with van der Waals surface area (Å²) >= 11 is 0. The minimum atomic E-state index is -0.00800. The molecule has 2 nitrogen and oxygen atoms in total. The van der Waals surface area contributed by atoms with E-state index in [-0.39, 0.29) is 13.2 Å². The molecule has 39 heavy (non-hydrogen) atoms. The Morgan fingerprint density at radius 3 is 1.85 bits per heavy atom. The molecule has 7 rings (SSSR count). The summed E-state index contributed by atoms with van der Waals surface area (Å²) in [5, 5.41) is 11.5. The highest BCUT2D eigenvalue weighted by Gasteiger charge is 2.25. The second kappa shape index (κ2) is 9.90. The van der Waals surface area contributed by atoms with E-state index in [1.54, 1.807) is 0 Å². The Labute approximate surface area is 228 Å². The molecule has 0 aromatic heterocycles. The molecule has 6 aromatic carbocycles. The van der Waals surface area contributed by atoms with Gasteiger partial charge in [0.05, 0.1) is 6.61 Å². The molecule has 0 radical (unpaired) electrons. The average Bonchev–Trinajstić information content (AvgIpc) is 3.38. The van der Waals surface area contributed by atoms with Crippen LogP contribution in [0.5, 0.6) is 5.75 Å². The van der Waals surface area contributed by atoms with Crippen molar-refractivity contribution in [3.05, 3.63) is 139 Å². The molecule has 1 aliphatic rings. The van der Waals surface area contributed by atoms with Gasteiger partial charge in [0.25, 0.3) is 0 Å². The fraction of sp³-hybridized carbons (Fsp3) is 0.0811. The Bertz CT molecular complexity index is 1800. The van der Waals surface area contributed by atoms with E-state index in [9.17, 15) is 5.11 Å². The lowest BCUT2D eigenvalue weighted by atomic mass is 9.88. The third-order valence-electron chi connectivity index (χ3n) is 7.75. The van der Waals surface area contributed by atoms with Gasteiger partial charge < -0.3 is 9.84 Å². The smallest absolute Gasteiger partial charge is 0.127 e. The molecule has 6 aromatic rings. The van der Waals surface area contributed by atoms with E-state index in [1.165, 1.54) is 55.6 Å². The van der Waals surface area contributed by atoms with Crippen LogP contribution in [0.2, 0.25) is 0 Å². The highest BCUT2D eigenvalue weighted by Crippen LogP contribution is 2.47. The van der Waals surface area contributed by atoms with Crippen molar-refractivity contribution in [3.8, 4) is 50.3 Å². The second-order valence-corrected chi connectivity index (χ2v) is 10.1. The third-order valence-corrected chi connectivity index (χ3v) is 7.75. The molecular formula is C37H28O2. The van der Waals surface area contributed by atoms with Gasteiger partial charge in [0.2, 0.25) is 0 Å². The van der Waals surface area contributed by atoms with Gasteiger partial charge in [-0.15, -0.1) is 0 Å². The molecule has 0 bridgehead atoms. The van der Waals surface area contributed by atoms with Gasteiger partial charge in [-0.2, -0.15) is 0 Å². The molecular weight excluding hydrogens is 476 g/mol. The SMILES string of the molecule is OCCOc1ccc(-c2cc(-c3ccccc3)cc3c2Cc2ccc(-c4ccccc4)cc2-3)c2ccccc12. The first-order valence-electron chi connectivity index (χ1n) is 13.5. The first kappa shape index (κ1) is 23.5. The summed E-state index contributed by atoms with van der Waals surface area (Å²) < 4.78 is 5.90. The highest BCUT2D eigenvalue weighted by molar-refractivity contribution is 6.03. The number of aliphatic hydroxyl groups excluding tert-OH is 1. The molecule has 0 saturated heterocycles. The van der Waals surface area contributed by atoms with Gasteiger partial charge in [0, 0.05) is 5.39 Å². The van der Waals surface area contributed by atoms with Crippen LogP contribution in [-0.2, 0) is 6.42 Å². The minimum Gasteiger partial charge on any atom is -0.491 e. The average molecular weight is 505 g/mol. The van der Waals surface area contributed by atoms with E-state index < -0.39 is 0 Å². The number of aliphatic hydroxyl groups is 1. The van der Waals surface area contributed by atoms with E-state index >= 15 is 0 Å². The highest BCUT2D eigenvalue weighted by atomic mass is 16.5. The summed E-state index contributed by atoms with van der Waals surface area (Å²) in [6.45, 7) is 0.271. The van der Waals surface area contributed by atoms with Crippen molar-refractivity contribution in [2.24, 2.45) is 0 Å². The Morgan fingerprint density at radius 1 is 0.513 bits per heavy atom. The number of hydrogen-bond acceptors (Lipinski definition) is 2. The quantitative estimate of drug-likeness (QED) is 0.245. The van der Waals surface area contributed by atoms with E-state index in [0.29, 0.717) is 0 Å². The normalized spacial score (nSPS) is 11.8. The Kier molecular flexibility index (Phi) is 5.96. The molecule has 0 aliphatic heterocycles. The summed E-state index contributed by atoms with van der Waals surface area (Å²) in [5.74, 6) is 0.801. The van der Waals surface area contributed by atoms with Gasteiger partial charge in [-0.25, -0.2) is 0 Å². The van der Waals surface area contributed by atoms with E-state index in [4.69, 9.17) is 4.74 Å². The van der Waals surface area contributed by atoms with Crippen molar-refractivity contribution >= 4 is 10.8 Å². The Hall–Kier alpha value is -4.66. The number of rotatable bonds is 6. The van der Waals surface area contributed by atoms with Gasteiger partial charge in [-0.3, -0.25) is 0 Å². The van der Waals surface area contributed by atoms with Crippen molar-refractivity contribution in [1.82, 2.24) is 0 Å². The maximum Gasteiger partial charge on any atom is 0.127 e. The fourth-order valence-electron chi connectivity index (χ4n) is 5.91. The molecule has 1 aliphatic carbocycles. The molecule has 0 spiro atoms. The third kappa shape index (κ3) is 4.20. The number of benzene rings is 6. The molecule has 0 saturated carbocycles. The summed E-state index contributed by atoms with van der Waals surface area (Å²) in [7, 11) is 0. The zero-order chi connectivity index (χ0) is 26.2. The lowest BCUT2D eigenvalue weighted by Gasteiger charge is -2.17. The van der Waals surface area contributed by atoms with Crippen molar-refractivity contribution in [2.45, 2.75) is 6.42 Å². The van der Waals surface area contributed by atoms with Crippen molar-refractivity contribution in [2.75, 3.05) is 13.2 Å². The van der Waals surface area contributed by atoms with Crippen LogP contribution in [0, 0.1) is 0 Å². The largest absolute Gasteiger partial charge is 0.491 e. The Morgan fingerprint density at radius 2 is 1.13 bits per heavy atom.